The fourth-order valence-corrected chi connectivity index (χ4v) is 3.37. The summed E-state index contributed by atoms with van der Waals surface area (Å²) in [5.41, 5.74) is 1.83. The highest BCUT2D eigenvalue weighted by atomic mass is 35.5. The van der Waals surface area contributed by atoms with Crippen LogP contribution in [0.4, 0.5) is 0 Å². The molecule has 8 nitrogen and oxygen atoms in total. The molecule has 2 N–H and O–H groups in total. The van der Waals surface area contributed by atoms with Gasteiger partial charge in [0.15, 0.2) is 17.2 Å². The molecule has 27 heavy (non-hydrogen) atoms. The normalized spacial score (nSPS) is 18.5. The summed E-state index contributed by atoms with van der Waals surface area (Å²) in [5, 5.41) is 14.6. The number of aromatic nitrogens is 3. The van der Waals surface area contributed by atoms with E-state index in [1.54, 1.807) is 4.68 Å². The van der Waals surface area contributed by atoms with Gasteiger partial charge in [-0.1, -0.05) is 5.21 Å². The van der Waals surface area contributed by atoms with Gasteiger partial charge in [0.05, 0.1) is 11.4 Å². The monoisotopic (exact) mass is 393 g/mol. The van der Waals surface area contributed by atoms with Crippen LogP contribution in [0.15, 0.2) is 18.2 Å². The van der Waals surface area contributed by atoms with Crippen molar-refractivity contribution in [2.75, 3.05) is 32.8 Å². The van der Waals surface area contributed by atoms with E-state index in [0.29, 0.717) is 42.8 Å². The van der Waals surface area contributed by atoms with Gasteiger partial charge in [0.1, 0.15) is 13.2 Å². The van der Waals surface area contributed by atoms with Crippen LogP contribution in [0, 0.1) is 12.8 Å². The Morgan fingerprint density at radius 1 is 1.33 bits per heavy atom. The molecule has 1 unspecified atom stereocenters. The van der Waals surface area contributed by atoms with Crippen molar-refractivity contribution in [2.45, 2.75) is 19.8 Å². The number of nitrogens with zero attached hydrogens (tertiary/aromatic N) is 3. The number of halogens is 1. The van der Waals surface area contributed by atoms with Gasteiger partial charge in [0.2, 0.25) is 0 Å². The van der Waals surface area contributed by atoms with Crippen molar-refractivity contribution in [1.29, 1.82) is 0 Å². The van der Waals surface area contributed by atoms with Gasteiger partial charge in [-0.2, -0.15) is 0 Å². The molecule has 3 heterocycles. The van der Waals surface area contributed by atoms with Crippen molar-refractivity contribution in [3.8, 4) is 17.2 Å². The van der Waals surface area contributed by atoms with Crippen molar-refractivity contribution in [3.63, 3.8) is 0 Å². The predicted octanol–water partition coefficient (Wildman–Crippen LogP) is 1.50. The van der Waals surface area contributed by atoms with Gasteiger partial charge >= 0.3 is 0 Å². The van der Waals surface area contributed by atoms with Gasteiger partial charge in [-0.3, -0.25) is 4.79 Å². The molecule has 0 aliphatic carbocycles. The Bertz CT molecular complexity index is 804. The lowest BCUT2D eigenvalue weighted by molar-refractivity contribution is 0.0939. The second-order valence-electron chi connectivity index (χ2n) is 6.69. The first-order valence-corrected chi connectivity index (χ1v) is 9.03. The van der Waals surface area contributed by atoms with Crippen LogP contribution in [0.3, 0.4) is 0 Å². The lowest BCUT2D eigenvalue weighted by Gasteiger charge is -2.22. The largest absolute Gasteiger partial charge is 0.486 e. The maximum absolute atomic E-state index is 12.5. The third-order valence-electron chi connectivity index (χ3n) is 4.83. The first kappa shape index (κ1) is 19.4. The Kier molecular flexibility index (Phi) is 6.18. The minimum Gasteiger partial charge on any atom is -0.486 e. The van der Waals surface area contributed by atoms with Crippen LogP contribution in [-0.4, -0.2) is 53.7 Å². The number of nitrogens with one attached hydrogen (secondary N) is 2. The topological polar surface area (TPSA) is 90.3 Å². The van der Waals surface area contributed by atoms with Crippen LogP contribution in [0.25, 0.3) is 5.69 Å². The Labute approximate surface area is 164 Å². The van der Waals surface area contributed by atoms with Crippen LogP contribution in [0.1, 0.15) is 29.0 Å². The molecule has 1 aromatic carbocycles. The van der Waals surface area contributed by atoms with Gasteiger partial charge in [-0.05, 0) is 50.9 Å². The van der Waals surface area contributed by atoms with Gasteiger partial charge in [0.25, 0.3) is 5.91 Å². The Morgan fingerprint density at radius 3 is 2.93 bits per heavy atom. The molecule has 146 valence electrons. The number of fused-ring (bicyclic) bond motifs is 1. The maximum Gasteiger partial charge on any atom is 0.273 e. The van der Waals surface area contributed by atoms with Crippen molar-refractivity contribution in [1.82, 2.24) is 25.6 Å². The van der Waals surface area contributed by atoms with Gasteiger partial charge in [-0.25, -0.2) is 4.68 Å². The molecule has 2 aliphatic heterocycles. The Balaban J connectivity index is 0.00000210. The van der Waals surface area contributed by atoms with Crippen molar-refractivity contribution < 1.29 is 14.3 Å². The molecule has 0 saturated carbocycles. The summed E-state index contributed by atoms with van der Waals surface area (Å²) in [6.07, 6.45) is 2.29. The van der Waals surface area contributed by atoms with Crippen LogP contribution >= 0.6 is 12.4 Å². The lowest BCUT2D eigenvalue weighted by Crippen LogP contribution is -2.38. The molecule has 1 fully saturated rings. The average molecular weight is 394 g/mol. The molecule has 0 spiro atoms. The van der Waals surface area contributed by atoms with Gasteiger partial charge < -0.3 is 20.1 Å². The zero-order chi connectivity index (χ0) is 17.9. The van der Waals surface area contributed by atoms with E-state index in [2.05, 4.69) is 20.9 Å². The third kappa shape index (κ3) is 4.17. The van der Waals surface area contributed by atoms with Crippen LogP contribution in [0.5, 0.6) is 11.5 Å². The number of benzene rings is 1. The summed E-state index contributed by atoms with van der Waals surface area (Å²) in [6, 6.07) is 5.58. The van der Waals surface area contributed by atoms with Gasteiger partial charge in [0, 0.05) is 12.6 Å². The number of rotatable bonds is 4. The lowest BCUT2D eigenvalue weighted by atomic mass is 10.00. The fraction of sp³-hybridized carbons (Fsp3) is 0.500. The van der Waals surface area contributed by atoms with E-state index in [4.69, 9.17) is 9.47 Å². The summed E-state index contributed by atoms with van der Waals surface area (Å²) >= 11 is 0. The first-order valence-electron chi connectivity index (χ1n) is 9.03. The summed E-state index contributed by atoms with van der Waals surface area (Å²) in [6.45, 7) is 5.58. The second-order valence-corrected chi connectivity index (χ2v) is 6.69. The zero-order valence-corrected chi connectivity index (χ0v) is 16.1. The number of hydrogen-bond donors (Lipinski definition) is 2. The van der Waals surface area contributed by atoms with E-state index in [1.165, 1.54) is 0 Å². The molecule has 0 bridgehead atoms. The minimum atomic E-state index is -0.183. The molecule has 9 heteroatoms. The molecule has 4 rings (SSSR count). The highest BCUT2D eigenvalue weighted by Gasteiger charge is 2.20. The van der Waals surface area contributed by atoms with Crippen molar-refractivity contribution in [2.24, 2.45) is 5.92 Å². The van der Waals surface area contributed by atoms with E-state index in [1.807, 2.05) is 25.1 Å². The summed E-state index contributed by atoms with van der Waals surface area (Å²) in [4.78, 5) is 12.5. The molecule has 1 saturated heterocycles. The van der Waals surface area contributed by atoms with Crippen LogP contribution in [-0.2, 0) is 0 Å². The van der Waals surface area contributed by atoms with E-state index in [-0.39, 0.29) is 18.3 Å². The Hall–Kier alpha value is -2.32. The highest BCUT2D eigenvalue weighted by Crippen LogP contribution is 2.32. The van der Waals surface area contributed by atoms with E-state index in [9.17, 15) is 4.79 Å². The second kappa shape index (κ2) is 8.58. The Morgan fingerprint density at radius 2 is 2.15 bits per heavy atom. The number of amides is 1. The predicted molar refractivity (Wildman–Crippen MR) is 102 cm³/mol. The molecule has 2 aromatic rings. The fourth-order valence-electron chi connectivity index (χ4n) is 3.37. The standard InChI is InChI=1S/C18H23N5O3.ClH/c1-12-17(18(24)20-11-13-3-2-6-19-10-13)21-22-23(12)14-4-5-15-16(9-14)26-8-7-25-15;/h4-5,9,13,19H,2-3,6-8,10-11H2,1H3,(H,20,24);1H. The SMILES string of the molecule is Cc1c(C(=O)NCC2CCCNC2)nnn1-c1ccc2c(c1)OCCO2.Cl. The molecule has 1 amide bonds. The van der Waals surface area contributed by atoms with Crippen LogP contribution in [0.2, 0.25) is 0 Å². The van der Waals surface area contributed by atoms with E-state index >= 15 is 0 Å². The number of carbonyl (C=O) groups is 1. The van der Waals surface area contributed by atoms with Crippen molar-refractivity contribution in [3.05, 3.63) is 29.6 Å². The summed E-state index contributed by atoms with van der Waals surface area (Å²) in [7, 11) is 0. The molecule has 2 aliphatic rings. The van der Waals surface area contributed by atoms with E-state index in [0.717, 1.165) is 37.4 Å². The zero-order valence-electron chi connectivity index (χ0n) is 15.2. The highest BCUT2D eigenvalue weighted by molar-refractivity contribution is 5.93. The number of hydrogen-bond acceptors (Lipinski definition) is 6. The minimum absolute atomic E-state index is 0. The number of piperidine rings is 1. The maximum atomic E-state index is 12.5. The number of carbonyl (C=O) groups excluding carboxylic acids is 1. The summed E-state index contributed by atoms with van der Waals surface area (Å²) in [5.74, 6) is 1.69. The molecular weight excluding hydrogens is 370 g/mol. The van der Waals surface area contributed by atoms with Crippen LogP contribution < -0.4 is 20.1 Å². The first-order chi connectivity index (χ1) is 12.7. The number of ether oxygens (including phenoxy) is 2. The average Bonchev–Trinajstić information content (AvgIpc) is 3.08. The molecular formula is C18H24ClN5O3. The molecule has 1 atom stereocenters. The van der Waals surface area contributed by atoms with Crippen molar-refractivity contribution >= 4 is 18.3 Å². The molecule has 0 radical (unpaired) electrons. The van der Waals surface area contributed by atoms with E-state index < -0.39 is 0 Å². The summed E-state index contributed by atoms with van der Waals surface area (Å²) < 4.78 is 12.8. The molecule has 1 aromatic heterocycles. The third-order valence-corrected chi connectivity index (χ3v) is 4.83. The quantitative estimate of drug-likeness (QED) is 0.818. The van der Waals surface area contributed by atoms with Gasteiger partial charge in [-0.15, -0.1) is 17.5 Å². The smallest absolute Gasteiger partial charge is 0.273 e.